The maximum atomic E-state index is 13.2. The summed E-state index contributed by atoms with van der Waals surface area (Å²) in [6.07, 6.45) is 2.31. The molecule has 174 valence electrons. The molecule has 32 heavy (non-hydrogen) atoms. The minimum Gasteiger partial charge on any atom is -0.484 e. The maximum Gasteiger partial charge on any atom is 0.261 e. The highest BCUT2D eigenvalue weighted by atomic mass is 35.5. The molecule has 0 aromatic heterocycles. The first-order chi connectivity index (χ1) is 15.3. The lowest BCUT2D eigenvalue weighted by atomic mass is 10.1. The molecule has 2 rings (SSSR count). The predicted octanol–water partition coefficient (Wildman–Crippen LogP) is 6.06. The van der Waals surface area contributed by atoms with Crippen LogP contribution >= 0.6 is 34.8 Å². The largest absolute Gasteiger partial charge is 0.484 e. The molecule has 0 radical (unpaired) electrons. The average molecular weight is 500 g/mol. The van der Waals surface area contributed by atoms with Gasteiger partial charge < -0.3 is 15.0 Å². The van der Waals surface area contributed by atoms with Gasteiger partial charge in [0.15, 0.2) is 6.61 Å². The van der Waals surface area contributed by atoms with Crippen LogP contribution in [0.15, 0.2) is 36.4 Å². The summed E-state index contributed by atoms with van der Waals surface area (Å²) in [5.74, 6) is 0.0491. The van der Waals surface area contributed by atoms with E-state index in [-0.39, 0.29) is 25.0 Å². The zero-order valence-corrected chi connectivity index (χ0v) is 20.9. The first kappa shape index (κ1) is 26.3. The number of hydrogen-bond donors (Lipinski definition) is 1. The first-order valence-electron chi connectivity index (χ1n) is 10.7. The van der Waals surface area contributed by atoms with E-state index in [1.165, 1.54) is 4.90 Å². The molecule has 0 aliphatic heterocycles. The van der Waals surface area contributed by atoms with Crippen molar-refractivity contribution < 1.29 is 14.3 Å². The molecule has 0 spiro atoms. The molecule has 0 saturated heterocycles. The van der Waals surface area contributed by atoms with E-state index in [9.17, 15) is 9.59 Å². The quantitative estimate of drug-likeness (QED) is 0.382. The van der Waals surface area contributed by atoms with Crippen LogP contribution < -0.4 is 10.1 Å². The van der Waals surface area contributed by atoms with Crippen molar-refractivity contribution in [3.63, 3.8) is 0 Å². The lowest BCUT2D eigenvalue weighted by Gasteiger charge is -2.30. The van der Waals surface area contributed by atoms with Crippen LogP contribution in [-0.4, -0.2) is 35.9 Å². The van der Waals surface area contributed by atoms with Crippen LogP contribution in [0.1, 0.15) is 44.2 Å². The van der Waals surface area contributed by atoms with Crippen molar-refractivity contribution >= 4 is 46.6 Å². The minimum atomic E-state index is -0.635. The number of nitrogens with zero attached hydrogens (tertiary/aromatic N) is 1. The maximum absolute atomic E-state index is 13.2. The van der Waals surface area contributed by atoms with E-state index in [2.05, 4.69) is 12.2 Å². The van der Waals surface area contributed by atoms with Gasteiger partial charge in [-0.25, -0.2) is 0 Å². The van der Waals surface area contributed by atoms with Crippen LogP contribution in [0.25, 0.3) is 0 Å². The van der Waals surface area contributed by atoms with Gasteiger partial charge in [-0.05, 0) is 61.2 Å². The first-order valence-corrected chi connectivity index (χ1v) is 11.8. The fraction of sp³-hybridized carbons (Fsp3) is 0.417. The number of ether oxygens (including phenoxy) is 1. The Morgan fingerprint density at radius 3 is 2.38 bits per heavy atom. The van der Waals surface area contributed by atoms with E-state index >= 15 is 0 Å². The number of halogens is 3. The molecular formula is C24H29Cl3N2O3. The number of aryl methyl sites for hydroxylation is 1. The Hall–Kier alpha value is -1.95. The van der Waals surface area contributed by atoms with Crippen molar-refractivity contribution in [2.45, 2.75) is 52.6 Å². The van der Waals surface area contributed by atoms with Crippen molar-refractivity contribution in [2.24, 2.45) is 0 Å². The van der Waals surface area contributed by atoms with Crippen LogP contribution in [0.3, 0.4) is 0 Å². The highest BCUT2D eigenvalue weighted by Gasteiger charge is 2.29. The molecule has 0 bridgehead atoms. The molecule has 5 nitrogen and oxygen atoms in total. The van der Waals surface area contributed by atoms with Crippen molar-refractivity contribution in [2.75, 3.05) is 13.2 Å². The van der Waals surface area contributed by atoms with Gasteiger partial charge in [0.25, 0.3) is 5.91 Å². The summed E-state index contributed by atoms with van der Waals surface area (Å²) >= 11 is 18.2. The number of benzene rings is 2. The number of rotatable bonds is 11. The number of amides is 2. The summed E-state index contributed by atoms with van der Waals surface area (Å²) in [4.78, 5) is 27.6. The lowest BCUT2D eigenvalue weighted by Crippen LogP contribution is -2.50. The second-order valence-corrected chi connectivity index (χ2v) is 8.76. The van der Waals surface area contributed by atoms with Gasteiger partial charge in [0.2, 0.25) is 5.91 Å². The lowest BCUT2D eigenvalue weighted by molar-refractivity contribution is -0.143. The Morgan fingerprint density at radius 2 is 1.75 bits per heavy atom. The SMILES string of the molecule is CCCCNC(=O)[C@@H](CC)N(Cc1ccc(Cl)c(Cl)c1)C(=O)COc1ccc(Cl)c(C)c1. The third-order valence-corrected chi connectivity index (χ3v) is 6.21. The molecule has 0 heterocycles. The minimum absolute atomic E-state index is 0.184. The van der Waals surface area contributed by atoms with Crippen LogP contribution in [0, 0.1) is 6.92 Å². The van der Waals surface area contributed by atoms with E-state index in [0.29, 0.717) is 33.8 Å². The van der Waals surface area contributed by atoms with Gasteiger partial charge in [-0.1, -0.05) is 61.1 Å². The average Bonchev–Trinajstić information content (AvgIpc) is 2.76. The molecule has 0 saturated carbocycles. The second kappa shape index (κ2) is 12.9. The highest BCUT2D eigenvalue weighted by molar-refractivity contribution is 6.42. The van der Waals surface area contributed by atoms with Gasteiger partial charge in [0.1, 0.15) is 11.8 Å². The predicted molar refractivity (Wildman–Crippen MR) is 131 cm³/mol. The number of carbonyl (C=O) groups excluding carboxylic acids is 2. The molecule has 0 aliphatic rings. The summed E-state index contributed by atoms with van der Waals surface area (Å²) in [7, 11) is 0. The Morgan fingerprint density at radius 1 is 1.03 bits per heavy atom. The van der Waals surface area contributed by atoms with E-state index in [4.69, 9.17) is 39.5 Å². The monoisotopic (exact) mass is 498 g/mol. The molecule has 2 aromatic carbocycles. The van der Waals surface area contributed by atoms with Crippen LogP contribution in [0.2, 0.25) is 15.1 Å². The molecular weight excluding hydrogens is 471 g/mol. The topological polar surface area (TPSA) is 58.6 Å². The highest BCUT2D eigenvalue weighted by Crippen LogP contribution is 2.25. The third-order valence-electron chi connectivity index (χ3n) is 5.04. The normalized spacial score (nSPS) is 11.7. The standard InChI is InChI=1S/C24H29Cl3N2O3/c1-4-6-11-28-24(31)22(5-2)29(14-17-7-9-20(26)21(27)13-17)23(30)15-32-18-8-10-19(25)16(3)12-18/h7-10,12-13,22H,4-6,11,14-15H2,1-3H3,(H,28,31)/t22-/m1/s1. The summed E-state index contributed by atoms with van der Waals surface area (Å²) < 4.78 is 5.71. The molecule has 2 aromatic rings. The van der Waals surface area contributed by atoms with Crippen molar-refractivity contribution in [3.05, 3.63) is 62.6 Å². The molecule has 0 unspecified atom stereocenters. The van der Waals surface area contributed by atoms with Crippen molar-refractivity contribution in [3.8, 4) is 5.75 Å². The summed E-state index contributed by atoms with van der Waals surface area (Å²) in [5.41, 5.74) is 1.63. The van der Waals surface area contributed by atoms with Crippen molar-refractivity contribution in [1.82, 2.24) is 10.2 Å². The number of carbonyl (C=O) groups is 2. The van der Waals surface area contributed by atoms with E-state index in [0.717, 1.165) is 24.0 Å². The zero-order chi connectivity index (χ0) is 23.7. The van der Waals surface area contributed by atoms with Gasteiger partial charge in [-0.2, -0.15) is 0 Å². The Bertz CT molecular complexity index is 937. The van der Waals surface area contributed by atoms with Gasteiger partial charge in [0.05, 0.1) is 10.0 Å². The van der Waals surface area contributed by atoms with E-state index in [1.807, 2.05) is 13.8 Å². The van der Waals surface area contributed by atoms with Gasteiger partial charge in [-0.15, -0.1) is 0 Å². The Balaban J connectivity index is 2.21. The van der Waals surface area contributed by atoms with E-state index < -0.39 is 6.04 Å². The molecule has 8 heteroatoms. The zero-order valence-electron chi connectivity index (χ0n) is 18.6. The van der Waals surface area contributed by atoms with Crippen LogP contribution in [0.4, 0.5) is 0 Å². The summed E-state index contributed by atoms with van der Waals surface area (Å²) in [5, 5.41) is 4.38. The third kappa shape index (κ3) is 7.58. The molecule has 1 atom stereocenters. The Kier molecular flexibility index (Phi) is 10.6. The van der Waals surface area contributed by atoms with Gasteiger partial charge in [0, 0.05) is 18.1 Å². The van der Waals surface area contributed by atoms with Crippen LogP contribution in [-0.2, 0) is 16.1 Å². The fourth-order valence-corrected chi connectivity index (χ4v) is 3.63. The molecule has 0 aliphatic carbocycles. The smallest absolute Gasteiger partial charge is 0.261 e. The summed E-state index contributed by atoms with van der Waals surface area (Å²) in [6, 6.07) is 9.74. The fourth-order valence-electron chi connectivity index (χ4n) is 3.20. The van der Waals surface area contributed by atoms with Crippen LogP contribution in [0.5, 0.6) is 5.75 Å². The van der Waals surface area contributed by atoms with Gasteiger partial charge in [-0.3, -0.25) is 9.59 Å². The number of unbranched alkanes of at least 4 members (excludes halogenated alkanes) is 1. The van der Waals surface area contributed by atoms with E-state index in [1.54, 1.807) is 36.4 Å². The Labute approximate surface area is 205 Å². The van der Waals surface area contributed by atoms with Crippen molar-refractivity contribution in [1.29, 1.82) is 0 Å². The summed E-state index contributed by atoms with van der Waals surface area (Å²) in [6.45, 7) is 6.37. The molecule has 1 N–H and O–H groups in total. The van der Waals surface area contributed by atoms with Gasteiger partial charge >= 0.3 is 0 Å². The molecule has 0 fully saturated rings. The number of hydrogen-bond acceptors (Lipinski definition) is 3. The number of nitrogens with one attached hydrogen (secondary N) is 1. The molecule has 2 amide bonds. The second-order valence-electron chi connectivity index (χ2n) is 7.54.